The second kappa shape index (κ2) is 7.76. The number of hydrogen-bond donors (Lipinski definition) is 2. The molecule has 0 aromatic rings. The molecular formula is C29H38O8. The minimum absolute atomic E-state index is 0.0705. The Morgan fingerprint density at radius 3 is 2.46 bits per heavy atom. The highest BCUT2D eigenvalue weighted by atomic mass is 16.6. The smallest absolute Gasteiger partial charge is 0.334 e. The van der Waals surface area contributed by atoms with Gasteiger partial charge in [-0.3, -0.25) is 9.59 Å². The van der Waals surface area contributed by atoms with Crippen LogP contribution in [-0.4, -0.2) is 63.0 Å². The molecule has 3 aliphatic heterocycles. The molecule has 1 spiro atoms. The van der Waals surface area contributed by atoms with Crippen LogP contribution >= 0.6 is 0 Å². The van der Waals surface area contributed by atoms with Gasteiger partial charge in [-0.15, -0.1) is 0 Å². The number of ether oxygens (including phenoxy) is 3. The van der Waals surface area contributed by atoms with Crippen molar-refractivity contribution in [1.82, 2.24) is 0 Å². The lowest BCUT2D eigenvalue weighted by Gasteiger charge is -2.50. The van der Waals surface area contributed by atoms with E-state index in [1.54, 1.807) is 13.0 Å². The molecule has 0 bridgehead atoms. The van der Waals surface area contributed by atoms with Gasteiger partial charge in [-0.05, 0) is 64.9 Å². The highest BCUT2D eigenvalue weighted by Crippen LogP contribution is 2.65. The molecule has 3 heterocycles. The Kier molecular flexibility index (Phi) is 5.30. The summed E-state index contributed by atoms with van der Waals surface area (Å²) < 4.78 is 17.7. The Hall–Kier alpha value is -2.03. The predicted octanol–water partition coefficient (Wildman–Crippen LogP) is 2.79. The third-order valence-electron chi connectivity index (χ3n) is 10.9. The maximum Gasteiger partial charge on any atom is 0.334 e. The SMILES string of the molecule is CC1=C[C@@H]([C@H](O)[C@H](C)[C@H]2CC(=O)[C@@]3(C)C2=CC[C@]2(O)C[C@]45OC(=O)C[C@H]4OC(C)(C)[C@@H]5CC[C@H]23)OC1=O. The van der Waals surface area contributed by atoms with E-state index in [-0.39, 0.29) is 54.7 Å². The molecule has 2 N–H and O–H groups in total. The van der Waals surface area contributed by atoms with E-state index in [4.69, 9.17) is 14.2 Å². The molecule has 2 saturated heterocycles. The van der Waals surface area contributed by atoms with E-state index >= 15 is 0 Å². The van der Waals surface area contributed by atoms with Crippen molar-refractivity contribution in [2.24, 2.45) is 29.1 Å². The van der Waals surface area contributed by atoms with Gasteiger partial charge >= 0.3 is 11.9 Å². The quantitative estimate of drug-likeness (QED) is 0.436. The fourth-order valence-electron chi connectivity index (χ4n) is 9.08. The molecule has 0 radical (unpaired) electrons. The molecule has 0 aromatic carbocycles. The zero-order valence-corrected chi connectivity index (χ0v) is 22.3. The van der Waals surface area contributed by atoms with E-state index in [9.17, 15) is 24.6 Å². The van der Waals surface area contributed by atoms with E-state index in [0.29, 0.717) is 24.8 Å². The van der Waals surface area contributed by atoms with Gasteiger partial charge in [-0.25, -0.2) is 4.79 Å². The Morgan fingerprint density at radius 1 is 1.08 bits per heavy atom. The van der Waals surface area contributed by atoms with Crippen LogP contribution in [0.25, 0.3) is 0 Å². The maximum absolute atomic E-state index is 13.8. The number of hydrogen-bond acceptors (Lipinski definition) is 8. The molecule has 6 rings (SSSR count). The molecule has 4 fully saturated rings. The van der Waals surface area contributed by atoms with Gasteiger partial charge < -0.3 is 24.4 Å². The number of ketones is 1. The topological polar surface area (TPSA) is 119 Å². The first-order valence-corrected chi connectivity index (χ1v) is 13.7. The Morgan fingerprint density at radius 2 is 1.78 bits per heavy atom. The molecule has 8 nitrogen and oxygen atoms in total. The molecule has 0 aromatic heterocycles. The van der Waals surface area contributed by atoms with Gasteiger partial charge in [0.05, 0.1) is 29.1 Å². The van der Waals surface area contributed by atoms with E-state index < -0.39 is 46.5 Å². The van der Waals surface area contributed by atoms with Crippen molar-refractivity contribution >= 4 is 17.7 Å². The molecule has 202 valence electrons. The van der Waals surface area contributed by atoms with Crippen LogP contribution in [0, 0.1) is 29.1 Å². The third-order valence-corrected chi connectivity index (χ3v) is 10.9. The standard InChI is InChI=1S/C29H38O8/c1-14-10-18(35-25(14)33)24(32)15(2)16-11-21(30)27(5)17(16)8-9-28(34)13-29-19(6-7-20(27)28)26(3,4)36-22(29)12-23(31)37-29/h8,10,15-16,18-20,22,24,32,34H,6-7,9,11-13H2,1-5H3/t15-,16-,18+,19+,20+,22-,24-,27+,28+,29-/m1/s1. The van der Waals surface area contributed by atoms with E-state index in [1.165, 1.54) is 0 Å². The van der Waals surface area contributed by atoms with Crippen LogP contribution in [0.5, 0.6) is 0 Å². The number of fused-ring (bicyclic) bond motifs is 3. The number of Topliss-reactive ketones (excluding diaryl/α,β-unsaturated/α-hetero) is 1. The first-order valence-electron chi connectivity index (χ1n) is 13.7. The molecule has 6 aliphatic rings. The summed E-state index contributed by atoms with van der Waals surface area (Å²) in [6.45, 7) is 9.58. The number of rotatable bonds is 3. The first kappa shape index (κ1) is 25.3. The summed E-state index contributed by atoms with van der Waals surface area (Å²) in [5.74, 6) is -1.57. The summed E-state index contributed by atoms with van der Waals surface area (Å²) in [5, 5.41) is 23.4. The molecule has 3 aliphatic carbocycles. The van der Waals surface area contributed by atoms with Crippen LogP contribution in [0.4, 0.5) is 0 Å². The van der Waals surface area contributed by atoms with Gasteiger partial charge in [0.2, 0.25) is 0 Å². The molecule has 0 unspecified atom stereocenters. The van der Waals surface area contributed by atoms with Gasteiger partial charge in [-0.1, -0.05) is 18.6 Å². The number of aliphatic hydroxyl groups is 2. The van der Waals surface area contributed by atoms with Crippen molar-refractivity contribution in [1.29, 1.82) is 0 Å². The van der Waals surface area contributed by atoms with E-state index in [1.807, 2.05) is 33.8 Å². The van der Waals surface area contributed by atoms with Gasteiger partial charge in [0, 0.05) is 30.3 Å². The number of aliphatic hydroxyl groups excluding tert-OH is 1. The minimum Gasteiger partial charge on any atom is -0.456 e. The lowest BCUT2D eigenvalue weighted by Crippen LogP contribution is -2.55. The largest absolute Gasteiger partial charge is 0.456 e. The lowest BCUT2D eigenvalue weighted by molar-refractivity contribution is -0.164. The fraction of sp³-hybridized carbons (Fsp3) is 0.759. The number of allylic oxidation sites excluding steroid dienone is 1. The first-order chi connectivity index (χ1) is 17.2. The highest BCUT2D eigenvalue weighted by Gasteiger charge is 2.72. The van der Waals surface area contributed by atoms with E-state index in [0.717, 1.165) is 5.57 Å². The Balaban J connectivity index is 1.34. The van der Waals surface area contributed by atoms with Crippen LogP contribution in [0.15, 0.2) is 23.3 Å². The zero-order chi connectivity index (χ0) is 26.7. The van der Waals surface area contributed by atoms with Gasteiger partial charge in [-0.2, -0.15) is 0 Å². The van der Waals surface area contributed by atoms with Crippen molar-refractivity contribution < 1.29 is 38.8 Å². The number of carbonyl (C=O) groups excluding carboxylic acids is 3. The second-order valence-corrected chi connectivity index (χ2v) is 13.2. The molecule has 2 saturated carbocycles. The molecule has 0 amide bonds. The molecule has 10 atom stereocenters. The minimum atomic E-state index is -1.22. The van der Waals surface area contributed by atoms with Crippen molar-refractivity contribution in [3.8, 4) is 0 Å². The summed E-state index contributed by atoms with van der Waals surface area (Å²) in [5.41, 5.74) is -2.02. The maximum atomic E-state index is 13.8. The van der Waals surface area contributed by atoms with Crippen LogP contribution in [0.2, 0.25) is 0 Å². The lowest BCUT2D eigenvalue weighted by atomic mass is 9.57. The van der Waals surface area contributed by atoms with Crippen LogP contribution in [0.3, 0.4) is 0 Å². The zero-order valence-electron chi connectivity index (χ0n) is 22.3. The van der Waals surface area contributed by atoms with Crippen molar-refractivity contribution in [2.75, 3.05) is 0 Å². The summed E-state index contributed by atoms with van der Waals surface area (Å²) >= 11 is 0. The van der Waals surface area contributed by atoms with Gasteiger partial charge in [0.1, 0.15) is 23.6 Å². The average Bonchev–Trinajstić information content (AvgIpc) is 3.40. The fourth-order valence-corrected chi connectivity index (χ4v) is 9.08. The van der Waals surface area contributed by atoms with Crippen LogP contribution < -0.4 is 0 Å². The molecule has 8 heteroatoms. The summed E-state index contributed by atoms with van der Waals surface area (Å²) in [7, 11) is 0. The van der Waals surface area contributed by atoms with Crippen molar-refractivity contribution in [3.63, 3.8) is 0 Å². The Bertz CT molecular complexity index is 1140. The van der Waals surface area contributed by atoms with Crippen LogP contribution in [0.1, 0.15) is 73.1 Å². The van der Waals surface area contributed by atoms with Crippen molar-refractivity contribution in [2.45, 2.75) is 108 Å². The predicted molar refractivity (Wildman–Crippen MR) is 131 cm³/mol. The van der Waals surface area contributed by atoms with Crippen LogP contribution in [-0.2, 0) is 28.6 Å². The highest BCUT2D eigenvalue weighted by molar-refractivity contribution is 5.92. The normalized spacial score (nSPS) is 47.5. The number of esters is 2. The average molecular weight is 515 g/mol. The number of cyclic esters (lactones) is 1. The summed E-state index contributed by atoms with van der Waals surface area (Å²) in [6, 6.07) is 0. The third kappa shape index (κ3) is 3.27. The number of carbonyl (C=O) groups is 3. The summed E-state index contributed by atoms with van der Waals surface area (Å²) in [6.07, 6.45) is 3.97. The monoisotopic (exact) mass is 514 g/mol. The van der Waals surface area contributed by atoms with E-state index in [2.05, 4.69) is 0 Å². The second-order valence-electron chi connectivity index (χ2n) is 13.2. The summed E-state index contributed by atoms with van der Waals surface area (Å²) in [4.78, 5) is 38.1. The Labute approximate surface area is 217 Å². The van der Waals surface area contributed by atoms with Crippen molar-refractivity contribution in [3.05, 3.63) is 23.3 Å². The van der Waals surface area contributed by atoms with Gasteiger partial charge in [0.15, 0.2) is 0 Å². The van der Waals surface area contributed by atoms with Gasteiger partial charge in [0.25, 0.3) is 0 Å². The molecular weight excluding hydrogens is 476 g/mol. The molecule has 37 heavy (non-hydrogen) atoms.